The lowest BCUT2D eigenvalue weighted by Gasteiger charge is -2.11. The Hall–Kier alpha value is -2.17. The summed E-state index contributed by atoms with van der Waals surface area (Å²) in [4.78, 5) is 8.20. The van der Waals surface area contributed by atoms with E-state index in [0.717, 1.165) is 5.56 Å². The molecule has 1 aromatic heterocycles. The van der Waals surface area contributed by atoms with Crippen LogP contribution in [0.1, 0.15) is 30.5 Å². The van der Waals surface area contributed by atoms with Crippen molar-refractivity contribution in [2.45, 2.75) is 40.3 Å². The van der Waals surface area contributed by atoms with Gasteiger partial charge in [-0.1, -0.05) is 12.1 Å². The van der Waals surface area contributed by atoms with E-state index in [2.05, 4.69) is 15.3 Å². The summed E-state index contributed by atoms with van der Waals surface area (Å²) in [6.45, 7) is 7.99. The molecular formula is C16H20FN3O. The summed E-state index contributed by atoms with van der Waals surface area (Å²) < 4.78 is 19.1. The lowest BCUT2D eigenvalue weighted by molar-refractivity contribution is 0.232. The first kappa shape index (κ1) is 15.2. The number of aryl methyl sites for hydroxylation is 2. The predicted molar refractivity (Wildman–Crippen MR) is 81.0 cm³/mol. The van der Waals surface area contributed by atoms with E-state index < -0.39 is 0 Å². The Morgan fingerprint density at radius 1 is 1.14 bits per heavy atom. The van der Waals surface area contributed by atoms with Gasteiger partial charge in [0.05, 0.1) is 6.10 Å². The van der Waals surface area contributed by atoms with Crippen LogP contribution in [0.2, 0.25) is 0 Å². The molecule has 0 amide bonds. The second-order valence-electron chi connectivity index (χ2n) is 5.31. The van der Waals surface area contributed by atoms with Gasteiger partial charge in [-0.15, -0.1) is 0 Å². The van der Waals surface area contributed by atoms with Crippen molar-refractivity contribution in [3.8, 4) is 5.88 Å². The molecule has 0 unspecified atom stereocenters. The minimum Gasteiger partial charge on any atom is -0.475 e. The van der Waals surface area contributed by atoms with Crippen LogP contribution in [0.3, 0.4) is 0 Å². The standard InChI is InChI=1S/C16H20FN3O/c1-10(2)21-15-7-14(19-9-20-15)18-8-13-5-11(3)16(17)12(4)6-13/h5-7,9-10H,8H2,1-4H3,(H,18,19,20). The average molecular weight is 289 g/mol. The average Bonchev–Trinajstić information content (AvgIpc) is 2.42. The third-order valence-corrected chi connectivity index (χ3v) is 2.97. The van der Waals surface area contributed by atoms with Crippen molar-refractivity contribution in [1.29, 1.82) is 0 Å². The number of hydrogen-bond donors (Lipinski definition) is 1. The van der Waals surface area contributed by atoms with Crippen LogP contribution in [-0.2, 0) is 6.54 Å². The lowest BCUT2D eigenvalue weighted by atomic mass is 10.1. The van der Waals surface area contributed by atoms with Gasteiger partial charge >= 0.3 is 0 Å². The number of nitrogens with one attached hydrogen (secondary N) is 1. The molecule has 0 bridgehead atoms. The molecule has 0 saturated carbocycles. The number of benzene rings is 1. The van der Waals surface area contributed by atoms with Gasteiger partial charge in [0.2, 0.25) is 5.88 Å². The van der Waals surface area contributed by atoms with Gasteiger partial charge < -0.3 is 10.1 Å². The minimum atomic E-state index is -0.145. The molecule has 1 heterocycles. The number of hydrogen-bond acceptors (Lipinski definition) is 4. The molecule has 1 N–H and O–H groups in total. The number of nitrogens with zero attached hydrogens (tertiary/aromatic N) is 2. The molecule has 4 nitrogen and oxygen atoms in total. The maximum atomic E-state index is 13.6. The van der Waals surface area contributed by atoms with E-state index in [4.69, 9.17) is 4.74 Å². The van der Waals surface area contributed by atoms with E-state index >= 15 is 0 Å². The molecule has 0 aliphatic carbocycles. The Balaban J connectivity index is 2.06. The maximum absolute atomic E-state index is 13.6. The first-order valence-corrected chi connectivity index (χ1v) is 6.94. The van der Waals surface area contributed by atoms with Crippen molar-refractivity contribution < 1.29 is 9.13 Å². The molecule has 0 saturated heterocycles. The van der Waals surface area contributed by atoms with Crippen LogP contribution >= 0.6 is 0 Å². The largest absolute Gasteiger partial charge is 0.475 e. The predicted octanol–water partition coefficient (Wildman–Crippen LogP) is 3.63. The number of ether oxygens (including phenoxy) is 1. The van der Waals surface area contributed by atoms with Gasteiger partial charge in [-0.25, -0.2) is 14.4 Å². The highest BCUT2D eigenvalue weighted by Gasteiger charge is 2.05. The third kappa shape index (κ3) is 4.15. The van der Waals surface area contributed by atoms with Gasteiger partial charge in [0.15, 0.2) is 0 Å². The molecule has 21 heavy (non-hydrogen) atoms. The van der Waals surface area contributed by atoms with Crippen LogP contribution in [0.25, 0.3) is 0 Å². The highest BCUT2D eigenvalue weighted by Crippen LogP contribution is 2.17. The van der Waals surface area contributed by atoms with E-state index in [9.17, 15) is 4.39 Å². The summed E-state index contributed by atoms with van der Waals surface area (Å²) in [5.41, 5.74) is 2.31. The number of aromatic nitrogens is 2. The molecule has 0 radical (unpaired) electrons. The molecule has 2 aromatic rings. The molecule has 0 spiro atoms. The Kier molecular flexibility index (Phi) is 4.73. The summed E-state index contributed by atoms with van der Waals surface area (Å²) in [6, 6.07) is 5.42. The highest BCUT2D eigenvalue weighted by molar-refractivity contribution is 5.39. The second kappa shape index (κ2) is 6.52. The molecule has 112 valence electrons. The fourth-order valence-corrected chi connectivity index (χ4v) is 2.07. The Bertz CT molecular complexity index is 606. The molecule has 0 atom stereocenters. The monoisotopic (exact) mass is 289 g/mol. The normalized spacial score (nSPS) is 10.8. The van der Waals surface area contributed by atoms with E-state index in [1.54, 1.807) is 19.9 Å². The Morgan fingerprint density at radius 2 is 1.81 bits per heavy atom. The van der Waals surface area contributed by atoms with Crippen molar-refractivity contribution >= 4 is 5.82 Å². The molecular weight excluding hydrogens is 269 g/mol. The number of rotatable bonds is 5. The van der Waals surface area contributed by atoms with E-state index in [1.807, 2.05) is 26.0 Å². The summed E-state index contributed by atoms with van der Waals surface area (Å²) in [6.07, 6.45) is 1.52. The van der Waals surface area contributed by atoms with Crippen LogP contribution in [0, 0.1) is 19.7 Å². The van der Waals surface area contributed by atoms with Crippen LogP contribution in [0.4, 0.5) is 10.2 Å². The Morgan fingerprint density at radius 3 is 2.43 bits per heavy atom. The lowest BCUT2D eigenvalue weighted by Crippen LogP contribution is -2.08. The molecule has 0 fully saturated rings. The summed E-state index contributed by atoms with van der Waals surface area (Å²) >= 11 is 0. The van der Waals surface area contributed by atoms with Crippen molar-refractivity contribution in [3.63, 3.8) is 0 Å². The number of anilines is 1. The minimum absolute atomic E-state index is 0.0650. The zero-order valence-electron chi connectivity index (χ0n) is 12.8. The van der Waals surface area contributed by atoms with Crippen LogP contribution in [0.5, 0.6) is 5.88 Å². The fourth-order valence-electron chi connectivity index (χ4n) is 2.07. The third-order valence-electron chi connectivity index (χ3n) is 2.97. The van der Waals surface area contributed by atoms with Gasteiger partial charge in [-0.3, -0.25) is 0 Å². The summed E-state index contributed by atoms with van der Waals surface area (Å²) in [7, 11) is 0. The van der Waals surface area contributed by atoms with Crippen molar-refractivity contribution in [1.82, 2.24) is 9.97 Å². The van der Waals surface area contributed by atoms with Gasteiger partial charge in [-0.2, -0.15) is 0 Å². The highest BCUT2D eigenvalue weighted by atomic mass is 19.1. The van der Waals surface area contributed by atoms with E-state index in [1.165, 1.54) is 6.33 Å². The molecule has 2 rings (SSSR count). The Labute approximate surface area is 124 Å². The van der Waals surface area contributed by atoms with Crippen LogP contribution < -0.4 is 10.1 Å². The molecule has 1 aromatic carbocycles. The fraction of sp³-hybridized carbons (Fsp3) is 0.375. The molecule has 0 aliphatic heterocycles. The quantitative estimate of drug-likeness (QED) is 0.913. The maximum Gasteiger partial charge on any atom is 0.218 e. The smallest absolute Gasteiger partial charge is 0.218 e. The van der Waals surface area contributed by atoms with Gasteiger partial charge in [0.25, 0.3) is 0 Å². The van der Waals surface area contributed by atoms with Gasteiger partial charge in [0.1, 0.15) is 18.0 Å². The topological polar surface area (TPSA) is 47.0 Å². The second-order valence-corrected chi connectivity index (χ2v) is 5.31. The number of halogens is 1. The first-order valence-electron chi connectivity index (χ1n) is 6.94. The van der Waals surface area contributed by atoms with Crippen LogP contribution in [-0.4, -0.2) is 16.1 Å². The summed E-state index contributed by atoms with van der Waals surface area (Å²) in [5, 5.41) is 3.19. The summed E-state index contributed by atoms with van der Waals surface area (Å²) in [5.74, 6) is 1.07. The van der Waals surface area contributed by atoms with Gasteiger partial charge in [-0.05, 0) is 44.4 Å². The van der Waals surface area contributed by atoms with Crippen LogP contribution in [0.15, 0.2) is 24.5 Å². The van der Waals surface area contributed by atoms with E-state index in [0.29, 0.717) is 29.4 Å². The SMILES string of the molecule is Cc1cc(CNc2cc(OC(C)C)ncn2)cc(C)c1F. The molecule has 5 heteroatoms. The van der Waals surface area contributed by atoms with Crippen molar-refractivity contribution in [3.05, 3.63) is 47.0 Å². The molecule has 0 aliphatic rings. The zero-order valence-corrected chi connectivity index (χ0v) is 12.8. The van der Waals surface area contributed by atoms with Crippen molar-refractivity contribution in [2.75, 3.05) is 5.32 Å². The first-order chi connectivity index (χ1) is 9.95. The van der Waals surface area contributed by atoms with Crippen molar-refractivity contribution in [2.24, 2.45) is 0 Å². The van der Waals surface area contributed by atoms with E-state index in [-0.39, 0.29) is 11.9 Å². The van der Waals surface area contributed by atoms with Gasteiger partial charge in [0, 0.05) is 12.6 Å². The zero-order chi connectivity index (χ0) is 15.4.